The summed E-state index contributed by atoms with van der Waals surface area (Å²) in [6.45, 7) is 5.95. The number of carboxylic acid groups (broad SMARTS) is 1. The first-order chi connectivity index (χ1) is 19.6. The Bertz CT molecular complexity index is 598. The van der Waals surface area contributed by atoms with Gasteiger partial charge in [0.1, 0.15) is 6.61 Å². The first kappa shape index (κ1) is 38.4. The maximum atomic E-state index is 12.0. The van der Waals surface area contributed by atoms with Gasteiger partial charge in [0.25, 0.3) is 0 Å². The number of allylic oxidation sites excluding steroid dienone is 2. The van der Waals surface area contributed by atoms with Gasteiger partial charge in [-0.05, 0) is 32.1 Å². The molecule has 1 N–H and O–H groups in total. The second-order valence-electron chi connectivity index (χ2n) is 11.8. The Labute approximate surface area is 248 Å². The molecule has 0 aliphatic carbocycles. The molecule has 0 saturated carbocycles. The van der Waals surface area contributed by atoms with Crippen LogP contribution in [0.2, 0.25) is 0 Å². The van der Waals surface area contributed by atoms with Crippen molar-refractivity contribution >= 4 is 11.9 Å². The van der Waals surface area contributed by atoms with Gasteiger partial charge < -0.3 is 9.84 Å². The number of ether oxygens (including phenoxy) is 1. The average molecular weight is 563 g/mol. The zero-order valence-corrected chi connectivity index (χ0v) is 26.5. The maximum absolute atomic E-state index is 12.0. The van der Waals surface area contributed by atoms with Gasteiger partial charge in [-0.25, -0.2) is 0 Å². The standard InChI is InChI=1S/C36H66O4/c1-3-5-6-7-8-9-10-11-12-13-14-15-16-17-18-19-20-21-22-23-24-25-26-27-28-29-30-31-34(33-35(37)38)36(39)40-32-4-2/h4,12-13,34H,2-3,5-11,14-33H2,1H3,(H,37,38)/b13-12+. The van der Waals surface area contributed by atoms with Crippen LogP contribution in [-0.2, 0) is 14.3 Å². The monoisotopic (exact) mass is 562 g/mol. The van der Waals surface area contributed by atoms with Gasteiger partial charge in [0, 0.05) is 0 Å². The molecule has 0 aromatic heterocycles. The third kappa shape index (κ3) is 29.4. The van der Waals surface area contributed by atoms with E-state index in [0.29, 0.717) is 6.42 Å². The Morgan fingerprint density at radius 1 is 0.625 bits per heavy atom. The smallest absolute Gasteiger partial charge is 0.309 e. The highest BCUT2D eigenvalue weighted by atomic mass is 16.5. The van der Waals surface area contributed by atoms with E-state index >= 15 is 0 Å². The molecule has 0 rings (SSSR count). The van der Waals surface area contributed by atoms with E-state index in [2.05, 4.69) is 25.7 Å². The number of aliphatic carboxylic acids is 1. The molecule has 0 aromatic rings. The molecule has 0 aliphatic rings. The van der Waals surface area contributed by atoms with Crippen molar-refractivity contribution in [2.45, 2.75) is 180 Å². The van der Waals surface area contributed by atoms with Crippen LogP contribution >= 0.6 is 0 Å². The van der Waals surface area contributed by atoms with Crippen molar-refractivity contribution in [1.29, 1.82) is 0 Å². The highest BCUT2D eigenvalue weighted by Crippen LogP contribution is 2.18. The number of hydrogen-bond donors (Lipinski definition) is 1. The lowest BCUT2D eigenvalue weighted by Gasteiger charge is -2.13. The molecule has 0 radical (unpaired) electrons. The van der Waals surface area contributed by atoms with Crippen LogP contribution in [0.25, 0.3) is 0 Å². The molecule has 0 heterocycles. The topological polar surface area (TPSA) is 63.6 Å². The summed E-state index contributed by atoms with van der Waals surface area (Å²) >= 11 is 0. The van der Waals surface area contributed by atoms with E-state index in [-0.39, 0.29) is 13.0 Å². The zero-order chi connectivity index (χ0) is 29.4. The van der Waals surface area contributed by atoms with Crippen LogP contribution in [-0.4, -0.2) is 23.7 Å². The molecule has 234 valence electrons. The van der Waals surface area contributed by atoms with Crippen molar-refractivity contribution in [3.05, 3.63) is 24.8 Å². The number of carbonyl (C=O) groups is 2. The van der Waals surface area contributed by atoms with Gasteiger partial charge in [-0.1, -0.05) is 167 Å². The lowest BCUT2D eigenvalue weighted by atomic mass is 9.97. The molecule has 0 spiro atoms. The summed E-state index contributed by atoms with van der Waals surface area (Å²) in [7, 11) is 0. The number of carbonyl (C=O) groups excluding carboxylic acids is 1. The van der Waals surface area contributed by atoms with E-state index < -0.39 is 17.9 Å². The van der Waals surface area contributed by atoms with Crippen LogP contribution in [0, 0.1) is 5.92 Å². The molecular formula is C36H66O4. The molecular weight excluding hydrogens is 496 g/mol. The van der Waals surface area contributed by atoms with Gasteiger partial charge in [-0.2, -0.15) is 0 Å². The fourth-order valence-corrected chi connectivity index (χ4v) is 5.36. The highest BCUT2D eigenvalue weighted by Gasteiger charge is 2.22. The summed E-state index contributed by atoms with van der Waals surface area (Å²) in [6, 6.07) is 0. The number of hydrogen-bond acceptors (Lipinski definition) is 3. The van der Waals surface area contributed by atoms with E-state index in [1.165, 1.54) is 147 Å². The Morgan fingerprint density at radius 2 is 1.00 bits per heavy atom. The molecule has 0 bridgehead atoms. The normalized spacial score (nSPS) is 12.1. The molecule has 0 saturated heterocycles. The lowest BCUT2D eigenvalue weighted by molar-refractivity contribution is -0.152. The minimum Gasteiger partial charge on any atom is -0.481 e. The number of esters is 1. The molecule has 0 aromatic carbocycles. The molecule has 0 fully saturated rings. The first-order valence-electron chi connectivity index (χ1n) is 17.3. The van der Waals surface area contributed by atoms with Gasteiger partial charge in [-0.3, -0.25) is 9.59 Å². The molecule has 0 aliphatic heterocycles. The Balaban J connectivity index is 3.34. The second-order valence-corrected chi connectivity index (χ2v) is 11.8. The summed E-state index contributed by atoms with van der Waals surface area (Å²) < 4.78 is 5.04. The SMILES string of the molecule is C=CCOC(=O)C(CCCCCCCCCCCCCCCCCC/C=C/CCCCCCCCC)CC(=O)O. The lowest BCUT2D eigenvalue weighted by Crippen LogP contribution is -2.21. The fourth-order valence-electron chi connectivity index (χ4n) is 5.36. The summed E-state index contributed by atoms with van der Waals surface area (Å²) in [6.07, 6.45) is 40.0. The Kier molecular flexibility index (Phi) is 30.7. The number of unbranched alkanes of at least 4 members (excludes halogenated alkanes) is 23. The molecule has 4 nitrogen and oxygen atoms in total. The van der Waals surface area contributed by atoms with Gasteiger partial charge in [0.05, 0.1) is 12.3 Å². The van der Waals surface area contributed by atoms with E-state index in [0.717, 1.165) is 19.3 Å². The first-order valence-corrected chi connectivity index (χ1v) is 17.3. The van der Waals surface area contributed by atoms with Crippen LogP contribution in [0.1, 0.15) is 180 Å². The minimum absolute atomic E-state index is 0.145. The van der Waals surface area contributed by atoms with Crippen molar-refractivity contribution in [2.24, 2.45) is 5.92 Å². The third-order valence-corrected chi connectivity index (χ3v) is 7.91. The predicted octanol–water partition coefficient (Wildman–Crippen LogP) is 11.5. The van der Waals surface area contributed by atoms with Gasteiger partial charge in [-0.15, -0.1) is 0 Å². The van der Waals surface area contributed by atoms with Crippen molar-refractivity contribution in [3.63, 3.8) is 0 Å². The molecule has 4 heteroatoms. The van der Waals surface area contributed by atoms with E-state index in [4.69, 9.17) is 9.84 Å². The van der Waals surface area contributed by atoms with E-state index in [9.17, 15) is 9.59 Å². The molecule has 40 heavy (non-hydrogen) atoms. The van der Waals surface area contributed by atoms with Gasteiger partial charge in [0.15, 0.2) is 0 Å². The van der Waals surface area contributed by atoms with Crippen LogP contribution < -0.4 is 0 Å². The average Bonchev–Trinajstić information content (AvgIpc) is 2.94. The van der Waals surface area contributed by atoms with Crippen molar-refractivity contribution in [3.8, 4) is 0 Å². The quantitative estimate of drug-likeness (QED) is 0.0503. The molecule has 1 atom stereocenters. The zero-order valence-electron chi connectivity index (χ0n) is 26.5. The van der Waals surface area contributed by atoms with Crippen molar-refractivity contribution in [1.82, 2.24) is 0 Å². The minimum atomic E-state index is -0.941. The third-order valence-electron chi connectivity index (χ3n) is 7.91. The van der Waals surface area contributed by atoms with Crippen LogP contribution in [0.5, 0.6) is 0 Å². The fraction of sp³-hybridized carbons (Fsp3) is 0.833. The molecule has 0 amide bonds. The van der Waals surface area contributed by atoms with Crippen LogP contribution in [0.4, 0.5) is 0 Å². The Morgan fingerprint density at radius 3 is 1.38 bits per heavy atom. The predicted molar refractivity (Wildman–Crippen MR) is 172 cm³/mol. The van der Waals surface area contributed by atoms with Crippen LogP contribution in [0.3, 0.4) is 0 Å². The van der Waals surface area contributed by atoms with E-state index in [1.54, 1.807) is 0 Å². The van der Waals surface area contributed by atoms with Crippen LogP contribution in [0.15, 0.2) is 24.8 Å². The van der Waals surface area contributed by atoms with Crippen molar-refractivity contribution in [2.75, 3.05) is 6.61 Å². The van der Waals surface area contributed by atoms with Gasteiger partial charge >= 0.3 is 11.9 Å². The number of carboxylic acids is 1. The summed E-state index contributed by atoms with van der Waals surface area (Å²) in [4.78, 5) is 23.0. The molecule has 1 unspecified atom stereocenters. The maximum Gasteiger partial charge on any atom is 0.309 e. The Hall–Kier alpha value is -1.58. The van der Waals surface area contributed by atoms with E-state index in [1.807, 2.05) is 0 Å². The summed E-state index contributed by atoms with van der Waals surface area (Å²) in [5.74, 6) is -1.88. The summed E-state index contributed by atoms with van der Waals surface area (Å²) in [5, 5.41) is 9.03. The second kappa shape index (κ2) is 31.9. The summed E-state index contributed by atoms with van der Waals surface area (Å²) in [5.41, 5.74) is 0. The largest absolute Gasteiger partial charge is 0.481 e. The van der Waals surface area contributed by atoms with Crippen molar-refractivity contribution < 1.29 is 19.4 Å². The highest BCUT2D eigenvalue weighted by molar-refractivity contribution is 5.79. The number of rotatable bonds is 32. The van der Waals surface area contributed by atoms with Gasteiger partial charge in [0.2, 0.25) is 0 Å².